The zero-order valence-corrected chi connectivity index (χ0v) is 12.9. The van der Waals surface area contributed by atoms with Gasteiger partial charge in [-0.05, 0) is 43.0 Å². The molecule has 0 bridgehead atoms. The number of nitrogens with zero attached hydrogens (tertiary/aromatic N) is 1. The molecule has 0 atom stereocenters. The smallest absolute Gasteiger partial charge is 0.304 e. The van der Waals surface area contributed by atoms with Crippen molar-refractivity contribution in [2.45, 2.75) is 44.9 Å². The minimum absolute atomic E-state index is 0.105. The van der Waals surface area contributed by atoms with Gasteiger partial charge in [0.25, 0.3) is 0 Å². The molecule has 1 heterocycles. The normalized spacial score (nSPS) is 16.2. The highest BCUT2D eigenvalue weighted by atomic mass is 35.5. The Hall–Kier alpha value is -1.22. The molecule has 0 spiro atoms. The molecule has 1 aromatic carbocycles. The summed E-state index contributed by atoms with van der Waals surface area (Å²) in [6.07, 6.45) is 3.77. The fourth-order valence-corrected chi connectivity index (χ4v) is 3.11. The van der Waals surface area contributed by atoms with E-state index in [4.69, 9.17) is 16.7 Å². The van der Waals surface area contributed by atoms with E-state index in [1.165, 1.54) is 19.3 Å². The van der Waals surface area contributed by atoms with Crippen molar-refractivity contribution in [3.8, 4) is 0 Å². The minimum atomic E-state index is -0.778. The van der Waals surface area contributed by atoms with Gasteiger partial charge < -0.3 is 10.0 Å². The van der Waals surface area contributed by atoms with Crippen LogP contribution in [0, 0.1) is 0 Å². The summed E-state index contributed by atoms with van der Waals surface area (Å²) < 4.78 is 0. The van der Waals surface area contributed by atoms with Crippen LogP contribution in [0.25, 0.3) is 0 Å². The summed E-state index contributed by atoms with van der Waals surface area (Å²) in [6, 6.07) is 5.85. The fraction of sp³-hybridized carbons (Fsp3) is 0.562. The average molecular weight is 296 g/mol. The maximum absolute atomic E-state index is 11.1. The molecule has 1 aliphatic rings. The van der Waals surface area contributed by atoms with E-state index in [2.05, 4.69) is 4.90 Å². The molecular weight excluding hydrogens is 274 g/mol. The molecule has 110 valence electrons. The van der Waals surface area contributed by atoms with Crippen LogP contribution in [0.4, 0.5) is 5.69 Å². The first-order valence-corrected chi connectivity index (χ1v) is 7.55. The zero-order valence-electron chi connectivity index (χ0n) is 12.2. The Morgan fingerprint density at radius 1 is 1.30 bits per heavy atom. The van der Waals surface area contributed by atoms with Gasteiger partial charge in [0.15, 0.2) is 0 Å². The standard InChI is InChI=1S/C16H22ClNO2/c1-16(2,11-15(19)20)13-10-12(17)6-7-14(13)18-8-4-3-5-9-18/h6-7,10H,3-5,8-9,11H2,1-2H3,(H,19,20). The summed E-state index contributed by atoms with van der Waals surface area (Å²) >= 11 is 6.13. The summed E-state index contributed by atoms with van der Waals surface area (Å²) in [5, 5.41) is 9.80. The molecule has 0 radical (unpaired) electrons. The van der Waals surface area contributed by atoms with Gasteiger partial charge in [-0.15, -0.1) is 0 Å². The van der Waals surface area contributed by atoms with E-state index in [1.54, 1.807) is 0 Å². The Balaban J connectivity index is 2.39. The third-order valence-electron chi connectivity index (χ3n) is 3.98. The zero-order chi connectivity index (χ0) is 14.8. The molecule has 20 heavy (non-hydrogen) atoms. The molecule has 2 rings (SSSR count). The fourth-order valence-electron chi connectivity index (χ4n) is 2.93. The lowest BCUT2D eigenvalue weighted by Crippen LogP contribution is -2.33. The van der Waals surface area contributed by atoms with Crippen molar-refractivity contribution in [3.05, 3.63) is 28.8 Å². The van der Waals surface area contributed by atoms with Gasteiger partial charge in [-0.25, -0.2) is 0 Å². The molecule has 1 N–H and O–H groups in total. The Morgan fingerprint density at radius 2 is 1.95 bits per heavy atom. The summed E-state index contributed by atoms with van der Waals surface area (Å²) in [4.78, 5) is 13.5. The number of piperidine rings is 1. The Labute approximate surface area is 125 Å². The van der Waals surface area contributed by atoms with Gasteiger partial charge in [0.1, 0.15) is 0 Å². The van der Waals surface area contributed by atoms with Crippen LogP contribution >= 0.6 is 11.6 Å². The number of anilines is 1. The van der Waals surface area contributed by atoms with Crippen molar-refractivity contribution in [2.75, 3.05) is 18.0 Å². The minimum Gasteiger partial charge on any atom is -0.481 e. The SMILES string of the molecule is CC(C)(CC(=O)O)c1cc(Cl)ccc1N1CCCCC1. The van der Waals surface area contributed by atoms with Crippen molar-refractivity contribution in [1.82, 2.24) is 0 Å². The molecular formula is C16H22ClNO2. The van der Waals surface area contributed by atoms with Crippen molar-refractivity contribution < 1.29 is 9.90 Å². The third kappa shape index (κ3) is 3.45. The van der Waals surface area contributed by atoms with E-state index in [0.717, 1.165) is 24.3 Å². The molecule has 1 aromatic rings. The number of carboxylic acids is 1. The number of carbonyl (C=O) groups is 1. The maximum atomic E-state index is 11.1. The van der Waals surface area contributed by atoms with Crippen LogP contribution in [0.5, 0.6) is 0 Å². The van der Waals surface area contributed by atoms with Gasteiger partial charge in [-0.3, -0.25) is 4.79 Å². The van der Waals surface area contributed by atoms with E-state index >= 15 is 0 Å². The second kappa shape index (κ2) is 6.04. The van der Waals surface area contributed by atoms with E-state index in [9.17, 15) is 4.79 Å². The molecule has 0 aliphatic carbocycles. The molecule has 0 saturated carbocycles. The van der Waals surface area contributed by atoms with E-state index in [-0.39, 0.29) is 6.42 Å². The van der Waals surface area contributed by atoms with Crippen LogP contribution in [0.3, 0.4) is 0 Å². The predicted molar refractivity (Wildman–Crippen MR) is 82.8 cm³/mol. The van der Waals surface area contributed by atoms with Crippen molar-refractivity contribution >= 4 is 23.3 Å². The van der Waals surface area contributed by atoms with Gasteiger partial charge in [-0.1, -0.05) is 25.4 Å². The van der Waals surface area contributed by atoms with Crippen LogP contribution in [0.1, 0.15) is 45.1 Å². The number of aliphatic carboxylic acids is 1. The molecule has 1 fully saturated rings. The van der Waals surface area contributed by atoms with Crippen molar-refractivity contribution in [3.63, 3.8) is 0 Å². The largest absolute Gasteiger partial charge is 0.481 e. The van der Waals surface area contributed by atoms with Crippen LogP contribution in [0.15, 0.2) is 18.2 Å². The van der Waals surface area contributed by atoms with Crippen LogP contribution in [-0.4, -0.2) is 24.2 Å². The second-order valence-corrected chi connectivity index (χ2v) is 6.60. The van der Waals surface area contributed by atoms with Gasteiger partial charge in [-0.2, -0.15) is 0 Å². The van der Waals surface area contributed by atoms with E-state index < -0.39 is 11.4 Å². The number of hydrogen-bond donors (Lipinski definition) is 1. The molecule has 1 saturated heterocycles. The van der Waals surface area contributed by atoms with Gasteiger partial charge in [0, 0.05) is 29.2 Å². The summed E-state index contributed by atoms with van der Waals surface area (Å²) in [7, 11) is 0. The molecule has 0 aromatic heterocycles. The maximum Gasteiger partial charge on any atom is 0.304 e. The number of benzene rings is 1. The van der Waals surface area contributed by atoms with E-state index in [1.807, 2.05) is 32.0 Å². The Bertz CT molecular complexity index is 493. The van der Waals surface area contributed by atoms with Gasteiger partial charge in [0.05, 0.1) is 6.42 Å². The van der Waals surface area contributed by atoms with Crippen LogP contribution in [-0.2, 0) is 10.2 Å². The lowest BCUT2D eigenvalue weighted by Gasteiger charge is -2.35. The molecule has 0 amide bonds. The van der Waals surface area contributed by atoms with Crippen LogP contribution < -0.4 is 4.90 Å². The number of carboxylic acid groups (broad SMARTS) is 1. The number of hydrogen-bond acceptors (Lipinski definition) is 2. The summed E-state index contributed by atoms with van der Waals surface area (Å²) in [5.74, 6) is -0.778. The molecule has 3 nitrogen and oxygen atoms in total. The Morgan fingerprint density at radius 3 is 2.55 bits per heavy atom. The number of rotatable bonds is 4. The topological polar surface area (TPSA) is 40.5 Å². The second-order valence-electron chi connectivity index (χ2n) is 6.16. The first kappa shape index (κ1) is 15.2. The predicted octanol–water partition coefficient (Wildman–Crippen LogP) is 4.08. The van der Waals surface area contributed by atoms with Crippen molar-refractivity contribution in [1.29, 1.82) is 0 Å². The number of halogens is 1. The van der Waals surface area contributed by atoms with E-state index in [0.29, 0.717) is 5.02 Å². The van der Waals surface area contributed by atoms with Gasteiger partial charge in [0.2, 0.25) is 0 Å². The first-order valence-electron chi connectivity index (χ1n) is 7.17. The highest BCUT2D eigenvalue weighted by Gasteiger charge is 2.29. The van der Waals surface area contributed by atoms with Crippen LogP contribution in [0.2, 0.25) is 5.02 Å². The van der Waals surface area contributed by atoms with Crippen molar-refractivity contribution in [2.24, 2.45) is 0 Å². The lowest BCUT2D eigenvalue weighted by molar-refractivity contribution is -0.138. The highest BCUT2D eigenvalue weighted by Crippen LogP contribution is 2.37. The highest BCUT2D eigenvalue weighted by molar-refractivity contribution is 6.30. The quantitative estimate of drug-likeness (QED) is 0.910. The molecule has 0 unspecified atom stereocenters. The van der Waals surface area contributed by atoms with Gasteiger partial charge >= 0.3 is 5.97 Å². The average Bonchev–Trinajstić information content (AvgIpc) is 2.38. The lowest BCUT2D eigenvalue weighted by atomic mass is 9.80. The monoisotopic (exact) mass is 295 g/mol. The first-order chi connectivity index (χ1) is 9.40. The summed E-state index contributed by atoms with van der Waals surface area (Å²) in [5.41, 5.74) is 1.75. The third-order valence-corrected chi connectivity index (χ3v) is 4.21. The Kier molecular flexibility index (Phi) is 4.59. The summed E-state index contributed by atoms with van der Waals surface area (Å²) in [6.45, 7) is 6.02. The molecule has 1 aliphatic heterocycles. The molecule has 4 heteroatoms.